The van der Waals surface area contributed by atoms with Crippen LogP contribution in [0.2, 0.25) is 0 Å². The Morgan fingerprint density at radius 1 is 1.22 bits per heavy atom. The minimum Gasteiger partial charge on any atom is -0.493 e. The number of hydrogen-bond donors (Lipinski definition) is 1. The van der Waals surface area contributed by atoms with Crippen LogP contribution in [0.5, 0.6) is 11.5 Å². The molecule has 1 atom stereocenters. The van der Waals surface area contributed by atoms with E-state index in [-0.39, 0.29) is 36.4 Å². The predicted octanol–water partition coefficient (Wildman–Crippen LogP) is 4.44. The topological polar surface area (TPSA) is 81.0 Å². The molecule has 0 radical (unpaired) electrons. The molecule has 0 aliphatic heterocycles. The van der Waals surface area contributed by atoms with E-state index >= 15 is 0 Å². The van der Waals surface area contributed by atoms with Gasteiger partial charge in [0, 0.05) is 6.04 Å². The number of hydrogen-bond acceptors (Lipinski definition) is 5. The Bertz CT molecular complexity index is 894. The fourth-order valence-electron chi connectivity index (χ4n) is 4.00. The van der Waals surface area contributed by atoms with Crippen LogP contribution in [0.4, 0.5) is 0 Å². The number of rotatable bonds is 10. The number of carbonyl (C=O) groups is 2. The van der Waals surface area contributed by atoms with Gasteiger partial charge in [-0.2, -0.15) is 0 Å². The van der Waals surface area contributed by atoms with Crippen LogP contribution in [-0.4, -0.2) is 41.8 Å². The Balaban J connectivity index is 2.00. The maximum absolute atomic E-state index is 13.5. The molecule has 1 fully saturated rings. The highest BCUT2D eigenvalue weighted by atomic mass is 35.5. The van der Waals surface area contributed by atoms with Crippen LogP contribution >= 0.6 is 11.6 Å². The van der Waals surface area contributed by atoms with Gasteiger partial charge in [-0.15, -0.1) is 11.6 Å². The monoisotopic (exact) mass is 462 g/mol. The second-order valence-electron chi connectivity index (χ2n) is 8.20. The number of nitrogens with one attached hydrogen (secondary N) is 1. The number of nitrogens with zero attached hydrogens (tertiary/aromatic N) is 1. The Morgan fingerprint density at radius 3 is 2.56 bits per heavy atom. The maximum atomic E-state index is 13.5. The number of ether oxygens (including phenoxy) is 2. The fourth-order valence-corrected chi connectivity index (χ4v) is 4.15. The molecule has 1 heterocycles. The van der Waals surface area contributed by atoms with E-state index in [4.69, 9.17) is 25.5 Å². The van der Waals surface area contributed by atoms with Gasteiger partial charge >= 0.3 is 0 Å². The molecular weight excluding hydrogens is 432 g/mol. The van der Waals surface area contributed by atoms with Gasteiger partial charge in [-0.25, -0.2) is 0 Å². The normalized spacial score (nSPS) is 14.9. The summed E-state index contributed by atoms with van der Waals surface area (Å²) in [6.07, 6.45) is 5.54. The van der Waals surface area contributed by atoms with Crippen LogP contribution in [-0.2, 0) is 16.1 Å². The van der Waals surface area contributed by atoms with Crippen molar-refractivity contribution in [1.29, 1.82) is 0 Å². The van der Waals surface area contributed by atoms with E-state index in [1.807, 2.05) is 13.8 Å². The molecule has 3 rings (SSSR count). The van der Waals surface area contributed by atoms with Gasteiger partial charge in [-0.1, -0.05) is 18.9 Å². The summed E-state index contributed by atoms with van der Waals surface area (Å²) in [4.78, 5) is 27.8. The molecule has 0 bridgehead atoms. The molecular formula is C24H31ClN2O5. The highest BCUT2D eigenvalue weighted by Gasteiger charge is 2.34. The average Bonchev–Trinajstić information content (AvgIpc) is 3.47. The third-order valence-corrected chi connectivity index (χ3v) is 5.70. The number of furan rings is 1. The lowest BCUT2D eigenvalue weighted by atomic mass is 10.0. The molecule has 7 nitrogen and oxygen atoms in total. The van der Waals surface area contributed by atoms with Gasteiger partial charge < -0.3 is 24.1 Å². The zero-order valence-electron chi connectivity index (χ0n) is 18.8. The van der Waals surface area contributed by atoms with Crippen molar-refractivity contribution in [2.24, 2.45) is 0 Å². The molecule has 1 saturated carbocycles. The lowest BCUT2D eigenvalue weighted by Gasteiger charge is -2.31. The van der Waals surface area contributed by atoms with Crippen LogP contribution < -0.4 is 14.8 Å². The first kappa shape index (κ1) is 24.0. The smallest absolute Gasteiger partial charge is 0.247 e. The molecule has 1 aromatic carbocycles. The number of amides is 2. The van der Waals surface area contributed by atoms with E-state index in [0.717, 1.165) is 25.7 Å². The van der Waals surface area contributed by atoms with Crippen LogP contribution in [0.25, 0.3) is 0 Å². The van der Waals surface area contributed by atoms with Crippen molar-refractivity contribution < 1.29 is 23.5 Å². The van der Waals surface area contributed by atoms with Crippen LogP contribution in [0, 0.1) is 0 Å². The van der Waals surface area contributed by atoms with Crippen molar-refractivity contribution in [2.45, 2.75) is 64.3 Å². The molecule has 1 N–H and O–H groups in total. The highest BCUT2D eigenvalue weighted by molar-refractivity contribution is 6.27. The number of alkyl halides is 1. The summed E-state index contributed by atoms with van der Waals surface area (Å²) < 4.78 is 16.8. The lowest BCUT2D eigenvalue weighted by molar-refractivity contribution is -0.140. The van der Waals surface area contributed by atoms with E-state index in [9.17, 15) is 9.59 Å². The zero-order valence-corrected chi connectivity index (χ0v) is 19.6. The minimum atomic E-state index is -0.894. The first-order valence-corrected chi connectivity index (χ1v) is 11.5. The second-order valence-corrected chi connectivity index (χ2v) is 8.47. The van der Waals surface area contributed by atoms with Crippen molar-refractivity contribution in [1.82, 2.24) is 10.2 Å². The van der Waals surface area contributed by atoms with E-state index in [2.05, 4.69) is 5.32 Å². The molecule has 2 amide bonds. The first-order valence-electron chi connectivity index (χ1n) is 11.0. The van der Waals surface area contributed by atoms with Crippen LogP contribution in [0.15, 0.2) is 41.0 Å². The van der Waals surface area contributed by atoms with Gasteiger partial charge in [-0.3, -0.25) is 9.59 Å². The fraction of sp³-hybridized carbons (Fsp3) is 0.500. The molecule has 0 unspecified atom stereocenters. The van der Waals surface area contributed by atoms with Crippen molar-refractivity contribution >= 4 is 23.4 Å². The summed E-state index contributed by atoms with van der Waals surface area (Å²) in [7, 11) is 1.55. The number of methoxy groups -OCH3 is 1. The van der Waals surface area contributed by atoms with E-state index < -0.39 is 6.04 Å². The Kier molecular flexibility index (Phi) is 8.45. The first-order chi connectivity index (χ1) is 15.4. The molecule has 0 spiro atoms. The largest absolute Gasteiger partial charge is 0.493 e. The predicted molar refractivity (Wildman–Crippen MR) is 122 cm³/mol. The molecule has 1 aliphatic carbocycles. The van der Waals surface area contributed by atoms with Crippen LogP contribution in [0.3, 0.4) is 0 Å². The van der Waals surface area contributed by atoms with Gasteiger partial charge in [0.05, 0.1) is 26.0 Å². The zero-order chi connectivity index (χ0) is 23.1. The van der Waals surface area contributed by atoms with Crippen molar-refractivity contribution in [3.63, 3.8) is 0 Å². The third kappa shape index (κ3) is 5.97. The summed E-state index contributed by atoms with van der Waals surface area (Å²) in [5.41, 5.74) is 0.610. The summed E-state index contributed by atoms with van der Waals surface area (Å²) >= 11 is 5.94. The van der Waals surface area contributed by atoms with Gasteiger partial charge in [0.1, 0.15) is 17.7 Å². The summed E-state index contributed by atoms with van der Waals surface area (Å²) in [6, 6.07) is 8.01. The lowest BCUT2D eigenvalue weighted by Crippen LogP contribution is -2.46. The Morgan fingerprint density at radius 2 is 1.97 bits per heavy atom. The molecule has 0 saturated heterocycles. The minimum absolute atomic E-state index is 0.0375. The average molecular weight is 463 g/mol. The molecule has 1 aromatic heterocycles. The van der Waals surface area contributed by atoms with Crippen LogP contribution in [0.1, 0.15) is 56.9 Å². The van der Waals surface area contributed by atoms with Gasteiger partial charge in [0.15, 0.2) is 11.5 Å². The molecule has 1 aliphatic rings. The standard InChI is InChI=1S/C24H31ClN2O5/c1-16(2)32-20-11-10-17(13-21(20)30-3)23(24(29)26-18-7-4-5-8-18)27(22(28)14-25)15-19-9-6-12-31-19/h6,9-13,16,18,23H,4-5,7-8,14-15H2,1-3H3,(H,26,29)/t23-/m1/s1. The summed E-state index contributed by atoms with van der Waals surface area (Å²) in [5, 5.41) is 3.12. The van der Waals surface area contributed by atoms with E-state index in [1.165, 1.54) is 11.2 Å². The van der Waals surface area contributed by atoms with E-state index in [1.54, 1.807) is 37.4 Å². The third-order valence-electron chi connectivity index (χ3n) is 5.47. The summed E-state index contributed by atoms with van der Waals surface area (Å²) in [5.74, 6) is 0.764. The molecule has 174 valence electrons. The Hall–Kier alpha value is -2.67. The van der Waals surface area contributed by atoms with Crippen molar-refractivity contribution in [3.05, 3.63) is 47.9 Å². The van der Waals surface area contributed by atoms with E-state index in [0.29, 0.717) is 22.8 Å². The number of halogens is 1. The number of carbonyl (C=O) groups excluding carboxylic acids is 2. The quantitative estimate of drug-likeness (QED) is 0.528. The summed E-state index contributed by atoms with van der Waals surface area (Å²) in [6.45, 7) is 3.97. The van der Waals surface area contributed by atoms with Crippen molar-refractivity contribution in [2.75, 3.05) is 13.0 Å². The van der Waals surface area contributed by atoms with Gasteiger partial charge in [-0.05, 0) is 56.5 Å². The highest BCUT2D eigenvalue weighted by Crippen LogP contribution is 2.34. The second kappa shape index (κ2) is 11.3. The maximum Gasteiger partial charge on any atom is 0.247 e. The SMILES string of the molecule is COc1cc([C@H](C(=O)NC2CCCC2)N(Cc2ccco2)C(=O)CCl)ccc1OC(C)C. The molecule has 2 aromatic rings. The van der Waals surface area contributed by atoms with Gasteiger partial charge in [0.2, 0.25) is 11.8 Å². The molecule has 8 heteroatoms. The Labute approximate surface area is 194 Å². The van der Waals surface area contributed by atoms with Gasteiger partial charge in [0.25, 0.3) is 0 Å². The molecule has 32 heavy (non-hydrogen) atoms. The van der Waals surface area contributed by atoms with Crippen molar-refractivity contribution in [3.8, 4) is 11.5 Å². The number of benzene rings is 1.